The highest BCUT2D eigenvalue weighted by Crippen LogP contribution is 2.29. The first-order chi connectivity index (χ1) is 19.3. The Morgan fingerprint density at radius 1 is 1.20 bits per heavy atom. The van der Waals surface area contributed by atoms with Gasteiger partial charge in [-0.2, -0.15) is 0 Å². The van der Waals surface area contributed by atoms with Crippen molar-refractivity contribution in [3.8, 4) is 0 Å². The summed E-state index contributed by atoms with van der Waals surface area (Å²) in [5.41, 5.74) is 2.59. The minimum Gasteiger partial charge on any atom is -0.378 e. The number of fused-ring (bicyclic) bond motifs is 1. The zero-order chi connectivity index (χ0) is 28.6. The molecular weight excluding hydrogens is 518 g/mol. The van der Waals surface area contributed by atoms with Gasteiger partial charge < -0.3 is 14.2 Å². The first kappa shape index (κ1) is 30.4. The Balaban J connectivity index is 1.50. The lowest BCUT2D eigenvalue weighted by Crippen LogP contribution is -2.35. The lowest BCUT2D eigenvalue weighted by atomic mass is 9.89. The number of ketones is 1. The molecule has 1 fully saturated rings. The Kier molecular flexibility index (Phi) is 11.0. The fourth-order valence-electron chi connectivity index (χ4n) is 6.11. The monoisotopic (exact) mass is 565 g/mol. The maximum Gasteiger partial charge on any atom is 0.225 e. The second kappa shape index (κ2) is 14.4. The highest BCUT2D eigenvalue weighted by Gasteiger charge is 2.27. The molecule has 0 saturated carbocycles. The molecule has 218 valence electrons. The van der Waals surface area contributed by atoms with Crippen LogP contribution in [-0.2, 0) is 16.0 Å². The van der Waals surface area contributed by atoms with Crippen LogP contribution in [0.2, 0.25) is 0 Å². The molecule has 6 nitrogen and oxygen atoms in total. The molecule has 7 heteroatoms. The molecule has 0 aliphatic carbocycles. The molecule has 1 amide bonds. The molecule has 2 aromatic heterocycles. The predicted molar refractivity (Wildman–Crippen MR) is 164 cm³/mol. The Bertz CT molecular complexity index is 1240. The van der Waals surface area contributed by atoms with Gasteiger partial charge in [0.15, 0.2) is 5.78 Å². The topological polar surface area (TPSA) is 64.4 Å². The number of Topliss-reactive ketones (excluding diaryl/α,β-unsaturated/α-hetero) is 1. The van der Waals surface area contributed by atoms with Gasteiger partial charge in [0.25, 0.3) is 0 Å². The third kappa shape index (κ3) is 7.61. The van der Waals surface area contributed by atoms with Gasteiger partial charge in [-0.25, -0.2) is 4.98 Å². The van der Waals surface area contributed by atoms with Gasteiger partial charge in [-0.1, -0.05) is 33.8 Å². The van der Waals surface area contributed by atoms with Crippen LogP contribution in [0.5, 0.6) is 0 Å². The van der Waals surface area contributed by atoms with Crippen LogP contribution >= 0.6 is 11.3 Å². The number of hydrogen-bond donors (Lipinski definition) is 0. The van der Waals surface area contributed by atoms with Crippen LogP contribution in [0, 0.1) is 11.8 Å². The van der Waals surface area contributed by atoms with E-state index in [0.29, 0.717) is 36.6 Å². The average Bonchev–Trinajstić information content (AvgIpc) is 3.71. The molecule has 1 aliphatic heterocycles. The highest BCUT2D eigenvalue weighted by atomic mass is 32.1. The summed E-state index contributed by atoms with van der Waals surface area (Å²) in [5, 5.41) is 2.10. The van der Waals surface area contributed by atoms with Gasteiger partial charge in [0.1, 0.15) is 5.82 Å². The van der Waals surface area contributed by atoms with Crippen LogP contribution in [-0.4, -0.2) is 52.4 Å². The van der Waals surface area contributed by atoms with E-state index in [4.69, 9.17) is 9.72 Å². The van der Waals surface area contributed by atoms with Crippen molar-refractivity contribution >= 4 is 34.1 Å². The Morgan fingerprint density at radius 2 is 2.00 bits per heavy atom. The molecule has 3 aromatic rings. The van der Waals surface area contributed by atoms with Crippen molar-refractivity contribution in [2.45, 2.75) is 97.6 Å². The number of carbonyl (C=O) groups excluding carboxylic acids is 2. The number of thiophene rings is 1. The lowest BCUT2D eigenvalue weighted by Gasteiger charge is -2.25. The van der Waals surface area contributed by atoms with E-state index < -0.39 is 0 Å². The van der Waals surface area contributed by atoms with Gasteiger partial charge in [0, 0.05) is 55.4 Å². The van der Waals surface area contributed by atoms with Crippen molar-refractivity contribution in [2.24, 2.45) is 11.8 Å². The number of aromatic nitrogens is 2. The first-order valence-electron chi connectivity index (χ1n) is 15.2. The summed E-state index contributed by atoms with van der Waals surface area (Å²) in [6, 6.07) is 10.5. The number of nitrogens with zero attached hydrogens (tertiary/aromatic N) is 3. The van der Waals surface area contributed by atoms with Gasteiger partial charge >= 0.3 is 0 Å². The fourth-order valence-corrected chi connectivity index (χ4v) is 6.81. The smallest absolute Gasteiger partial charge is 0.225 e. The number of benzene rings is 1. The molecule has 0 N–H and O–H groups in total. The summed E-state index contributed by atoms with van der Waals surface area (Å²) in [7, 11) is 1.88. The molecule has 3 heterocycles. The summed E-state index contributed by atoms with van der Waals surface area (Å²) >= 11 is 1.75. The molecule has 2 atom stereocenters. The van der Waals surface area contributed by atoms with Crippen LogP contribution in [0.4, 0.5) is 0 Å². The third-order valence-corrected chi connectivity index (χ3v) is 9.14. The maximum atomic E-state index is 13.6. The summed E-state index contributed by atoms with van der Waals surface area (Å²) in [6.45, 7) is 10.2. The van der Waals surface area contributed by atoms with Crippen molar-refractivity contribution in [2.75, 3.05) is 20.2 Å². The van der Waals surface area contributed by atoms with Crippen molar-refractivity contribution in [3.63, 3.8) is 0 Å². The summed E-state index contributed by atoms with van der Waals surface area (Å²) in [5.74, 6) is 1.16. The Morgan fingerprint density at radius 3 is 2.65 bits per heavy atom. The number of ether oxygens (including phenoxy) is 1. The number of carbonyl (C=O) groups is 2. The van der Waals surface area contributed by atoms with Crippen LogP contribution in [0.15, 0.2) is 35.7 Å². The maximum absolute atomic E-state index is 13.6. The van der Waals surface area contributed by atoms with E-state index in [9.17, 15) is 9.59 Å². The minimum absolute atomic E-state index is 0.0190. The molecule has 1 saturated heterocycles. The van der Waals surface area contributed by atoms with Gasteiger partial charge in [0.05, 0.1) is 17.1 Å². The van der Waals surface area contributed by atoms with E-state index in [2.05, 4.69) is 55.8 Å². The van der Waals surface area contributed by atoms with Crippen LogP contribution in [0.1, 0.15) is 106 Å². The van der Waals surface area contributed by atoms with Crippen molar-refractivity contribution < 1.29 is 14.3 Å². The molecule has 1 unspecified atom stereocenters. The second-order valence-electron chi connectivity index (χ2n) is 11.8. The second-order valence-corrected chi connectivity index (χ2v) is 12.9. The van der Waals surface area contributed by atoms with Crippen LogP contribution < -0.4 is 0 Å². The standard InChI is InChI=1S/C33H47N3O3S/c1-6-26(7-2)36-30-15-14-24(20-29(30)34-32(36)22-28-13-10-18-40-28)31(37)21-25(19-23(3)4)33(38)35(5)16-8-11-27-12-9-17-39-27/h10,13-15,18,20,23,25-27H,6-9,11-12,16-17,19,21-22H2,1-5H3/t25-,27?/m1/s1. The lowest BCUT2D eigenvalue weighted by molar-refractivity contribution is -0.134. The normalized spacial score (nSPS) is 16.3. The van der Waals surface area contributed by atoms with E-state index in [1.165, 1.54) is 4.88 Å². The van der Waals surface area contributed by atoms with Crippen LogP contribution in [0.25, 0.3) is 11.0 Å². The molecule has 0 bridgehead atoms. The molecule has 1 aromatic carbocycles. The fraction of sp³-hybridized carbons (Fsp3) is 0.606. The van der Waals surface area contributed by atoms with E-state index in [0.717, 1.165) is 68.4 Å². The third-order valence-electron chi connectivity index (χ3n) is 8.26. The zero-order valence-corrected chi connectivity index (χ0v) is 25.8. The number of hydrogen-bond acceptors (Lipinski definition) is 5. The molecule has 4 rings (SSSR count). The Labute approximate surface area is 244 Å². The van der Waals surface area contributed by atoms with Crippen molar-refractivity contribution in [3.05, 3.63) is 52.0 Å². The van der Waals surface area contributed by atoms with E-state index in [1.807, 2.05) is 24.1 Å². The predicted octanol–water partition coefficient (Wildman–Crippen LogP) is 7.70. The summed E-state index contributed by atoms with van der Waals surface area (Å²) in [6.07, 6.45) is 8.30. The van der Waals surface area contributed by atoms with Crippen molar-refractivity contribution in [1.82, 2.24) is 14.5 Å². The van der Waals surface area contributed by atoms with E-state index in [1.54, 1.807) is 11.3 Å². The molecule has 40 heavy (non-hydrogen) atoms. The summed E-state index contributed by atoms with van der Waals surface area (Å²) < 4.78 is 8.11. The average molecular weight is 566 g/mol. The number of amides is 1. The molecule has 0 spiro atoms. The summed E-state index contributed by atoms with van der Waals surface area (Å²) in [4.78, 5) is 35.2. The van der Waals surface area contributed by atoms with E-state index in [-0.39, 0.29) is 24.0 Å². The first-order valence-corrected chi connectivity index (χ1v) is 16.1. The highest BCUT2D eigenvalue weighted by molar-refractivity contribution is 7.09. The van der Waals surface area contributed by atoms with E-state index >= 15 is 0 Å². The van der Waals surface area contributed by atoms with Crippen molar-refractivity contribution in [1.29, 1.82) is 0 Å². The van der Waals surface area contributed by atoms with Gasteiger partial charge in [-0.15, -0.1) is 11.3 Å². The van der Waals surface area contributed by atoms with Gasteiger partial charge in [-0.3, -0.25) is 9.59 Å². The SMILES string of the molecule is CCC(CC)n1c(Cc2cccs2)nc2cc(C(=O)C[C@@H](CC(C)C)C(=O)N(C)CCCC3CCCO3)ccc21. The number of rotatable bonds is 15. The molecule has 0 radical (unpaired) electrons. The Hall–Kier alpha value is -2.51. The van der Waals surface area contributed by atoms with Crippen LogP contribution in [0.3, 0.4) is 0 Å². The minimum atomic E-state index is -0.313. The quantitative estimate of drug-likeness (QED) is 0.177. The number of imidazole rings is 1. The van der Waals surface area contributed by atoms with Gasteiger partial charge in [0.2, 0.25) is 5.91 Å². The largest absolute Gasteiger partial charge is 0.378 e. The van der Waals surface area contributed by atoms with Gasteiger partial charge in [-0.05, 0) is 80.5 Å². The molecule has 1 aliphatic rings. The zero-order valence-electron chi connectivity index (χ0n) is 25.0. The molecular formula is C33H47N3O3S.